The van der Waals surface area contributed by atoms with E-state index in [1.54, 1.807) is 24.3 Å². The number of sulfonamides is 2. The molecule has 39 heavy (non-hydrogen) atoms. The lowest BCUT2D eigenvalue weighted by Gasteiger charge is -2.15. The molecule has 0 aliphatic rings. The monoisotopic (exact) mass is 566 g/mol. The number of carboxylic acids is 1. The van der Waals surface area contributed by atoms with Gasteiger partial charge in [0.1, 0.15) is 17.2 Å². The Morgan fingerprint density at radius 2 is 1.41 bits per heavy atom. The van der Waals surface area contributed by atoms with Gasteiger partial charge in [-0.15, -0.1) is 0 Å². The van der Waals surface area contributed by atoms with Crippen LogP contribution in [0.4, 0.5) is 0 Å². The molecule has 3 N–H and O–H groups in total. The van der Waals surface area contributed by atoms with E-state index in [4.69, 9.17) is 4.42 Å². The molecule has 4 aromatic carbocycles. The molecule has 5 rings (SSSR count). The van der Waals surface area contributed by atoms with Gasteiger partial charge in [-0.1, -0.05) is 48.5 Å². The molecule has 1 heterocycles. The van der Waals surface area contributed by atoms with Gasteiger partial charge in [-0.25, -0.2) is 21.6 Å². The fourth-order valence-electron chi connectivity index (χ4n) is 4.46. The Labute approximate surface area is 225 Å². The number of hydrogen-bond donors (Lipinski definition) is 3. The van der Waals surface area contributed by atoms with Crippen LogP contribution in [0.25, 0.3) is 32.7 Å². The van der Waals surface area contributed by atoms with Gasteiger partial charge in [-0.2, -0.15) is 4.72 Å². The highest BCUT2D eigenvalue weighted by Gasteiger charge is 2.26. The van der Waals surface area contributed by atoms with Gasteiger partial charge in [-0.05, 0) is 66.4 Å². The van der Waals surface area contributed by atoms with Gasteiger partial charge in [0.25, 0.3) is 0 Å². The number of furan rings is 1. The van der Waals surface area contributed by atoms with Crippen LogP contribution in [0, 0.1) is 0 Å². The van der Waals surface area contributed by atoms with Crippen molar-refractivity contribution in [3.63, 3.8) is 0 Å². The summed E-state index contributed by atoms with van der Waals surface area (Å²) in [5.41, 5.74) is 1.14. The van der Waals surface area contributed by atoms with Crippen LogP contribution in [0.5, 0.6) is 0 Å². The van der Waals surface area contributed by atoms with Crippen molar-refractivity contribution in [2.24, 2.45) is 0 Å². The van der Waals surface area contributed by atoms with Crippen LogP contribution >= 0.6 is 0 Å². The molecule has 202 valence electrons. The molecule has 0 saturated heterocycles. The second-order valence-electron chi connectivity index (χ2n) is 9.17. The van der Waals surface area contributed by atoms with Crippen molar-refractivity contribution in [2.75, 3.05) is 6.54 Å². The van der Waals surface area contributed by atoms with Gasteiger partial charge in [0.2, 0.25) is 20.0 Å². The van der Waals surface area contributed by atoms with E-state index in [9.17, 15) is 26.7 Å². The Morgan fingerprint density at radius 3 is 2.21 bits per heavy atom. The summed E-state index contributed by atoms with van der Waals surface area (Å²) in [6.07, 6.45) is 0.597. The molecular weight excluding hydrogens is 540 g/mol. The van der Waals surface area contributed by atoms with Crippen LogP contribution in [0.15, 0.2) is 99.1 Å². The predicted molar refractivity (Wildman–Crippen MR) is 148 cm³/mol. The molecule has 0 bridgehead atoms. The number of fused-ring (bicyclic) bond motifs is 4. The first-order chi connectivity index (χ1) is 18.6. The summed E-state index contributed by atoms with van der Waals surface area (Å²) in [6.45, 7) is 0.0818. The molecule has 0 radical (unpaired) electrons. The number of unbranched alkanes of at least 4 members (excludes halogenated alkanes) is 1. The average Bonchev–Trinajstić information content (AvgIpc) is 3.30. The number of rotatable bonds is 11. The van der Waals surface area contributed by atoms with Crippen LogP contribution in [0.3, 0.4) is 0 Å². The Kier molecular flexibility index (Phi) is 7.41. The standard InChI is InChI=1S/C28H26N2O7S2/c31-28(32)25(10-5-6-16-29-38(33,34)21-13-12-19-7-1-2-8-20(19)17-21)30-39(35,36)22-14-15-27-24(18-22)23-9-3-4-11-26(23)37-27/h1-4,7-9,11-15,17-18,25,29-30H,5-6,10,16H2,(H,31,32). The molecule has 1 aromatic heterocycles. The zero-order valence-electron chi connectivity index (χ0n) is 20.7. The molecule has 9 nitrogen and oxygen atoms in total. The maximum absolute atomic E-state index is 13.0. The number of benzene rings is 4. The second kappa shape index (κ2) is 10.8. The van der Waals surface area contributed by atoms with E-state index in [0.29, 0.717) is 23.0 Å². The van der Waals surface area contributed by atoms with E-state index in [0.717, 1.165) is 16.2 Å². The molecule has 0 amide bonds. The highest BCUT2D eigenvalue weighted by molar-refractivity contribution is 7.89. The minimum atomic E-state index is -4.15. The third-order valence-corrected chi connectivity index (χ3v) is 9.42. The first-order valence-electron chi connectivity index (χ1n) is 12.3. The van der Waals surface area contributed by atoms with Crippen molar-refractivity contribution in [3.8, 4) is 0 Å². The number of para-hydroxylation sites is 1. The summed E-state index contributed by atoms with van der Waals surface area (Å²) < 4.78 is 61.9. The summed E-state index contributed by atoms with van der Waals surface area (Å²) in [6, 6.07) is 22.5. The van der Waals surface area contributed by atoms with E-state index in [1.165, 1.54) is 18.2 Å². The topological polar surface area (TPSA) is 143 Å². The summed E-state index contributed by atoms with van der Waals surface area (Å²) >= 11 is 0. The van der Waals surface area contributed by atoms with Crippen molar-refractivity contribution >= 4 is 58.7 Å². The lowest BCUT2D eigenvalue weighted by Crippen LogP contribution is -2.40. The normalized spacial score (nSPS) is 13.2. The fourth-order valence-corrected chi connectivity index (χ4v) is 6.82. The molecule has 1 atom stereocenters. The van der Waals surface area contributed by atoms with E-state index in [2.05, 4.69) is 9.44 Å². The van der Waals surface area contributed by atoms with Crippen LogP contribution in [0.1, 0.15) is 19.3 Å². The Bertz CT molecular complexity index is 1900. The fraction of sp³-hybridized carbons (Fsp3) is 0.179. The second-order valence-corrected chi connectivity index (χ2v) is 12.7. The number of carbonyl (C=O) groups is 1. The SMILES string of the molecule is O=C(O)C(CCCCNS(=O)(=O)c1ccc2ccccc2c1)NS(=O)(=O)c1ccc2oc3ccccc3c2c1. The highest BCUT2D eigenvalue weighted by atomic mass is 32.2. The Balaban J connectivity index is 1.20. The Hall–Kier alpha value is -3.77. The summed E-state index contributed by atoms with van der Waals surface area (Å²) in [5, 5.41) is 12.7. The molecule has 0 aliphatic heterocycles. The van der Waals surface area contributed by atoms with E-state index < -0.39 is 32.1 Å². The quantitative estimate of drug-likeness (QED) is 0.198. The van der Waals surface area contributed by atoms with E-state index in [1.807, 2.05) is 42.5 Å². The van der Waals surface area contributed by atoms with Crippen molar-refractivity contribution < 1.29 is 31.2 Å². The zero-order chi connectivity index (χ0) is 27.6. The van der Waals surface area contributed by atoms with Crippen LogP contribution in [-0.2, 0) is 24.8 Å². The molecule has 0 fully saturated rings. The van der Waals surface area contributed by atoms with Crippen LogP contribution in [-0.4, -0.2) is 40.5 Å². The molecule has 0 spiro atoms. The minimum absolute atomic E-state index is 0.0108. The first kappa shape index (κ1) is 26.8. The highest BCUT2D eigenvalue weighted by Crippen LogP contribution is 2.30. The van der Waals surface area contributed by atoms with Gasteiger partial charge >= 0.3 is 5.97 Å². The summed E-state index contributed by atoms with van der Waals surface area (Å²) in [7, 11) is -7.89. The lowest BCUT2D eigenvalue weighted by atomic mass is 10.1. The van der Waals surface area contributed by atoms with Gasteiger partial charge in [0.15, 0.2) is 0 Å². The number of hydrogen-bond acceptors (Lipinski definition) is 6. The lowest BCUT2D eigenvalue weighted by molar-refractivity contribution is -0.139. The number of aliphatic carboxylic acids is 1. The first-order valence-corrected chi connectivity index (χ1v) is 15.3. The van der Waals surface area contributed by atoms with Crippen molar-refractivity contribution in [1.29, 1.82) is 0 Å². The van der Waals surface area contributed by atoms with Crippen molar-refractivity contribution in [2.45, 2.75) is 35.1 Å². The maximum Gasteiger partial charge on any atom is 0.321 e. The van der Waals surface area contributed by atoms with Gasteiger partial charge in [0.05, 0.1) is 9.79 Å². The summed E-state index contributed by atoms with van der Waals surface area (Å²) in [5.74, 6) is -1.31. The molecule has 0 aliphatic carbocycles. The number of nitrogens with one attached hydrogen (secondary N) is 2. The molecule has 1 unspecified atom stereocenters. The largest absolute Gasteiger partial charge is 0.480 e. The molecule has 11 heteroatoms. The van der Waals surface area contributed by atoms with E-state index in [-0.39, 0.29) is 29.2 Å². The van der Waals surface area contributed by atoms with Crippen LogP contribution in [0.2, 0.25) is 0 Å². The number of carboxylic acid groups (broad SMARTS) is 1. The van der Waals surface area contributed by atoms with Gasteiger partial charge < -0.3 is 9.52 Å². The van der Waals surface area contributed by atoms with E-state index >= 15 is 0 Å². The minimum Gasteiger partial charge on any atom is -0.480 e. The van der Waals surface area contributed by atoms with Crippen molar-refractivity contribution in [1.82, 2.24) is 9.44 Å². The van der Waals surface area contributed by atoms with Crippen molar-refractivity contribution in [3.05, 3.63) is 84.9 Å². The maximum atomic E-state index is 13.0. The van der Waals surface area contributed by atoms with Gasteiger partial charge in [-0.3, -0.25) is 4.79 Å². The van der Waals surface area contributed by atoms with Crippen LogP contribution < -0.4 is 9.44 Å². The van der Waals surface area contributed by atoms with Gasteiger partial charge in [0, 0.05) is 17.3 Å². The predicted octanol–water partition coefficient (Wildman–Crippen LogP) is 4.62. The third-order valence-electron chi connectivity index (χ3n) is 6.50. The Morgan fingerprint density at radius 1 is 0.744 bits per heavy atom. The average molecular weight is 567 g/mol. The molecular formula is C28H26N2O7S2. The zero-order valence-corrected chi connectivity index (χ0v) is 22.3. The summed E-state index contributed by atoms with van der Waals surface area (Å²) in [4.78, 5) is 11.9. The smallest absolute Gasteiger partial charge is 0.321 e. The third kappa shape index (κ3) is 5.81. The molecule has 0 saturated carbocycles. The molecule has 5 aromatic rings.